The van der Waals surface area contributed by atoms with E-state index in [4.69, 9.17) is 25.8 Å². The number of halogens is 1. The molecule has 0 aromatic carbocycles. The van der Waals surface area contributed by atoms with Crippen molar-refractivity contribution in [2.75, 3.05) is 20.3 Å². The summed E-state index contributed by atoms with van der Waals surface area (Å²) in [7, 11) is 3.06. The van der Waals surface area contributed by atoms with Gasteiger partial charge in [0.1, 0.15) is 0 Å². The minimum atomic E-state index is 0.0243. The zero-order chi connectivity index (χ0) is 9.68. The van der Waals surface area contributed by atoms with Gasteiger partial charge in [-0.05, 0) is 0 Å². The summed E-state index contributed by atoms with van der Waals surface area (Å²) in [4.78, 5) is 3.94. The Morgan fingerprint density at radius 2 is 2.15 bits per heavy atom. The maximum Gasteiger partial charge on any atom is 0.262 e. The number of aromatic nitrogens is 1. The van der Waals surface area contributed by atoms with Crippen LogP contribution in [0.15, 0.2) is 12.3 Å². The van der Waals surface area contributed by atoms with Crippen LogP contribution in [-0.4, -0.2) is 25.3 Å². The van der Waals surface area contributed by atoms with E-state index < -0.39 is 0 Å². The van der Waals surface area contributed by atoms with Gasteiger partial charge in [-0.25, -0.2) is 4.98 Å². The Labute approximate surface area is 81.4 Å². The number of hydrogen-bond acceptors (Lipinski definition) is 4. The average molecular weight is 204 g/mol. The summed E-state index contributed by atoms with van der Waals surface area (Å²) >= 11 is 5.40. The lowest BCUT2D eigenvalue weighted by atomic mass is 10.4. The van der Waals surface area contributed by atoms with E-state index in [9.17, 15) is 0 Å². The maximum absolute atomic E-state index is 5.40. The smallest absolute Gasteiger partial charge is 0.262 e. The van der Waals surface area contributed by atoms with Crippen LogP contribution >= 0.6 is 11.6 Å². The van der Waals surface area contributed by atoms with Crippen molar-refractivity contribution in [1.29, 1.82) is 0 Å². The zero-order valence-electron chi connectivity index (χ0n) is 7.41. The molecule has 13 heavy (non-hydrogen) atoms. The molecule has 0 radical (unpaired) electrons. The molecule has 0 aliphatic heterocycles. The largest absolute Gasteiger partial charge is 0.493 e. The van der Waals surface area contributed by atoms with E-state index in [1.54, 1.807) is 19.4 Å². The molecule has 0 atom stereocenters. The van der Waals surface area contributed by atoms with Gasteiger partial charge in [0.2, 0.25) is 5.75 Å². The molecule has 0 saturated heterocycles. The van der Waals surface area contributed by atoms with Crippen LogP contribution < -0.4 is 14.2 Å². The second-order valence-electron chi connectivity index (χ2n) is 2.11. The minimum Gasteiger partial charge on any atom is -0.493 e. The van der Waals surface area contributed by atoms with Gasteiger partial charge in [0.05, 0.1) is 14.2 Å². The predicted molar refractivity (Wildman–Crippen MR) is 48.7 cm³/mol. The summed E-state index contributed by atoms with van der Waals surface area (Å²) in [5, 5.41) is 0. The summed E-state index contributed by atoms with van der Waals surface area (Å²) in [5.41, 5.74) is 0. The van der Waals surface area contributed by atoms with Crippen LogP contribution in [0.3, 0.4) is 0 Å². The molecule has 1 rings (SSSR count). The third-order valence-corrected chi connectivity index (χ3v) is 1.56. The Hall–Kier alpha value is -1.16. The molecule has 0 spiro atoms. The summed E-state index contributed by atoms with van der Waals surface area (Å²) in [6.07, 6.45) is 1.56. The average Bonchev–Trinajstić information content (AvgIpc) is 2.18. The van der Waals surface area contributed by atoms with Gasteiger partial charge in [-0.2, -0.15) is 0 Å². The van der Waals surface area contributed by atoms with Crippen LogP contribution in [0.2, 0.25) is 0 Å². The van der Waals surface area contributed by atoms with Gasteiger partial charge in [0, 0.05) is 12.3 Å². The molecule has 0 saturated carbocycles. The second kappa shape index (κ2) is 4.77. The first-order chi connectivity index (χ1) is 6.33. The minimum absolute atomic E-state index is 0.0243. The molecule has 0 N–H and O–H groups in total. The molecule has 1 heterocycles. The van der Waals surface area contributed by atoms with Crippen LogP contribution in [0.5, 0.6) is 17.4 Å². The topological polar surface area (TPSA) is 40.6 Å². The van der Waals surface area contributed by atoms with Crippen molar-refractivity contribution in [3.63, 3.8) is 0 Å². The molecule has 72 valence electrons. The molecule has 1 aromatic rings. The zero-order valence-corrected chi connectivity index (χ0v) is 8.17. The quantitative estimate of drug-likeness (QED) is 0.698. The van der Waals surface area contributed by atoms with Gasteiger partial charge in [0.25, 0.3) is 5.88 Å². The molecule has 1 aromatic heterocycles. The first-order valence-corrected chi connectivity index (χ1v) is 4.12. The second-order valence-corrected chi connectivity index (χ2v) is 2.32. The Balaban J connectivity index is 3.03. The highest BCUT2D eigenvalue weighted by molar-refractivity contribution is 6.17. The van der Waals surface area contributed by atoms with Gasteiger partial charge < -0.3 is 14.2 Å². The molecule has 0 amide bonds. The Bertz CT molecular complexity index is 280. The number of hydrogen-bond donors (Lipinski definition) is 0. The number of alkyl halides is 1. The van der Waals surface area contributed by atoms with Crippen LogP contribution in [0.1, 0.15) is 0 Å². The van der Waals surface area contributed by atoms with Crippen molar-refractivity contribution in [3.05, 3.63) is 12.3 Å². The van der Waals surface area contributed by atoms with E-state index in [1.165, 1.54) is 7.11 Å². The number of nitrogens with zero attached hydrogens (tertiary/aromatic N) is 1. The third kappa shape index (κ3) is 2.15. The van der Waals surface area contributed by atoms with Crippen LogP contribution in [0.4, 0.5) is 0 Å². The Kier molecular flexibility index (Phi) is 3.64. The number of rotatable bonds is 4. The first kappa shape index (κ1) is 9.92. The monoisotopic (exact) mass is 203 g/mol. The fourth-order valence-corrected chi connectivity index (χ4v) is 1.02. The highest BCUT2D eigenvalue weighted by Crippen LogP contribution is 2.34. The molecule has 0 fully saturated rings. The van der Waals surface area contributed by atoms with Crippen molar-refractivity contribution >= 4 is 11.6 Å². The Morgan fingerprint density at radius 1 is 1.38 bits per heavy atom. The molecular formula is C8H10ClNO3. The first-order valence-electron chi connectivity index (χ1n) is 3.59. The van der Waals surface area contributed by atoms with E-state index in [2.05, 4.69) is 4.98 Å². The van der Waals surface area contributed by atoms with Crippen molar-refractivity contribution in [3.8, 4) is 17.4 Å². The van der Waals surface area contributed by atoms with Gasteiger partial charge in [-0.1, -0.05) is 11.6 Å². The molecule has 0 unspecified atom stereocenters. The van der Waals surface area contributed by atoms with Crippen molar-refractivity contribution < 1.29 is 14.2 Å². The van der Waals surface area contributed by atoms with Crippen molar-refractivity contribution in [2.24, 2.45) is 0 Å². The van der Waals surface area contributed by atoms with E-state index in [0.29, 0.717) is 17.4 Å². The Morgan fingerprint density at radius 3 is 2.69 bits per heavy atom. The van der Waals surface area contributed by atoms with E-state index in [1.807, 2.05) is 0 Å². The van der Waals surface area contributed by atoms with Crippen LogP contribution in [0, 0.1) is 0 Å². The lowest BCUT2D eigenvalue weighted by Crippen LogP contribution is -1.98. The van der Waals surface area contributed by atoms with Crippen molar-refractivity contribution in [1.82, 2.24) is 4.98 Å². The summed E-state index contributed by atoms with van der Waals surface area (Å²) in [6, 6.07) is 1.70. The van der Waals surface area contributed by atoms with E-state index in [0.717, 1.165) is 0 Å². The van der Waals surface area contributed by atoms with Crippen LogP contribution in [0.25, 0.3) is 0 Å². The van der Waals surface area contributed by atoms with E-state index >= 15 is 0 Å². The maximum atomic E-state index is 5.40. The van der Waals surface area contributed by atoms with E-state index in [-0.39, 0.29) is 6.07 Å². The fourth-order valence-electron chi connectivity index (χ4n) is 0.915. The number of pyridine rings is 1. The van der Waals surface area contributed by atoms with Gasteiger partial charge in [0.15, 0.2) is 11.8 Å². The number of methoxy groups -OCH3 is 2. The fraction of sp³-hybridized carbons (Fsp3) is 0.375. The predicted octanol–water partition coefficient (Wildman–Crippen LogP) is 1.67. The molecular weight excluding hydrogens is 194 g/mol. The van der Waals surface area contributed by atoms with Crippen LogP contribution in [-0.2, 0) is 0 Å². The lowest BCUT2D eigenvalue weighted by molar-refractivity contribution is 0.307. The normalized spacial score (nSPS) is 9.46. The van der Waals surface area contributed by atoms with Crippen molar-refractivity contribution in [2.45, 2.75) is 0 Å². The van der Waals surface area contributed by atoms with Gasteiger partial charge in [-0.15, -0.1) is 0 Å². The molecule has 0 bridgehead atoms. The summed E-state index contributed by atoms with van der Waals surface area (Å²) in [6.45, 7) is 0. The standard InChI is InChI=1S/C8H10ClNO3/c1-11-6-3-4-10-8(13-5-9)7(6)12-2/h3-4H,5H2,1-2H3. The summed E-state index contributed by atoms with van der Waals surface area (Å²) in [5.74, 6) is 1.35. The molecule has 5 heteroatoms. The molecule has 0 aliphatic rings. The SMILES string of the molecule is COc1ccnc(OCCl)c1OC. The number of ether oxygens (including phenoxy) is 3. The third-order valence-electron chi connectivity index (χ3n) is 1.45. The highest BCUT2D eigenvalue weighted by Gasteiger charge is 2.11. The molecule has 4 nitrogen and oxygen atoms in total. The molecule has 0 aliphatic carbocycles. The summed E-state index contributed by atoms with van der Waals surface area (Å²) < 4.78 is 15.1. The lowest BCUT2D eigenvalue weighted by Gasteiger charge is -2.10. The highest BCUT2D eigenvalue weighted by atomic mass is 35.5. The van der Waals surface area contributed by atoms with Gasteiger partial charge >= 0.3 is 0 Å². The van der Waals surface area contributed by atoms with Gasteiger partial charge in [-0.3, -0.25) is 0 Å².